The zero-order chi connectivity index (χ0) is 10.5. The second kappa shape index (κ2) is 5.78. The second-order valence-electron chi connectivity index (χ2n) is 2.30. The van der Waals surface area contributed by atoms with Crippen molar-refractivity contribution in [2.45, 2.75) is 0 Å². The number of phenolic OH excluding ortho intramolecular Hbond substituents is 1. The maximum atomic E-state index is 8.95. The Morgan fingerprint density at radius 1 is 1.15 bits per heavy atom. The van der Waals surface area contributed by atoms with Crippen molar-refractivity contribution in [2.75, 3.05) is 0 Å². The molecule has 0 saturated carbocycles. The first-order valence-corrected chi connectivity index (χ1v) is 5.90. The quantitative estimate of drug-likeness (QED) is 0.336. The van der Waals surface area contributed by atoms with E-state index in [0.717, 1.165) is 30.7 Å². The molecule has 0 fully saturated rings. The van der Waals surface area contributed by atoms with Crippen LogP contribution in [0.1, 0.15) is 0 Å². The molecule has 1 aromatic carbocycles. The van der Waals surface area contributed by atoms with E-state index in [1.807, 2.05) is 18.2 Å². The van der Waals surface area contributed by atoms with Gasteiger partial charge in [-0.05, 0) is 0 Å². The molecule has 0 aliphatic heterocycles. The summed E-state index contributed by atoms with van der Waals surface area (Å²) in [7, 11) is -4.64. The molecule has 0 bridgehead atoms. The van der Waals surface area contributed by atoms with Crippen LogP contribution in [-0.2, 0) is 4.57 Å². The Morgan fingerprint density at radius 2 is 1.54 bits per heavy atom. The topological polar surface area (TPSA) is 98.0 Å². The molecule has 0 unspecified atom stereocenters. The summed E-state index contributed by atoms with van der Waals surface area (Å²) in [5.74, 6) is 0.430. The second-order valence-corrected chi connectivity index (χ2v) is 4.40. The monoisotopic (exact) mass is 214 g/mol. The van der Waals surface area contributed by atoms with Crippen LogP contribution in [0.25, 0.3) is 0 Å². The molecule has 68 valence electrons. The van der Waals surface area contributed by atoms with Gasteiger partial charge in [-0.1, -0.05) is 0 Å². The molecule has 0 aliphatic carbocycles. The molecule has 1 rings (SSSR count). The number of para-hydroxylation sites is 1. The number of benzene rings is 1. The molecule has 0 aromatic heterocycles. The summed E-state index contributed by atoms with van der Waals surface area (Å²) in [4.78, 5) is 21.6. The molecule has 0 spiro atoms. The third-order valence-corrected chi connectivity index (χ3v) is 1.96. The van der Waals surface area contributed by atoms with Crippen LogP contribution in [0.2, 0.25) is 0 Å². The molecule has 0 saturated heterocycles. The Morgan fingerprint density at radius 3 is 1.77 bits per heavy atom. The molecule has 0 atom stereocenters. The molecular formula is C6H8NaO5P. The van der Waals surface area contributed by atoms with Gasteiger partial charge in [0, 0.05) is 0 Å². The fraction of sp³-hybridized carbons (Fsp3) is 0. The Bertz CT molecular complexity index is 280. The van der Waals surface area contributed by atoms with E-state index < -0.39 is 7.82 Å². The zero-order valence-corrected chi connectivity index (χ0v) is 9.85. The van der Waals surface area contributed by atoms with Crippen molar-refractivity contribution >= 4 is 38.6 Å². The molecule has 7 heteroatoms. The fourth-order valence-electron chi connectivity index (χ4n) is 0.563. The summed E-state index contributed by atoms with van der Waals surface area (Å²) in [6.45, 7) is 0. The summed E-state index contributed by atoms with van der Waals surface area (Å²) >= 11 is 0.926. The third-order valence-electron chi connectivity index (χ3n) is 1.12. The van der Waals surface area contributed by atoms with Gasteiger partial charge in [-0.2, -0.15) is 0 Å². The van der Waals surface area contributed by atoms with Crippen molar-refractivity contribution < 1.29 is 24.4 Å². The maximum absolute atomic E-state index is 8.95. The van der Waals surface area contributed by atoms with Crippen LogP contribution in [0.5, 0.6) is 5.75 Å². The van der Waals surface area contributed by atoms with Crippen LogP contribution < -0.4 is 2.81 Å². The van der Waals surface area contributed by atoms with Crippen LogP contribution in [0.15, 0.2) is 24.3 Å². The first-order chi connectivity index (χ1) is 5.80. The first kappa shape index (κ1) is 13.1. The van der Waals surface area contributed by atoms with E-state index >= 15 is 0 Å². The van der Waals surface area contributed by atoms with Gasteiger partial charge in [0.15, 0.2) is 0 Å². The van der Waals surface area contributed by atoms with E-state index in [2.05, 4.69) is 0 Å². The van der Waals surface area contributed by atoms with E-state index in [-0.39, 0.29) is 0 Å². The Hall–Kier alpha value is 0.130. The molecular weight excluding hydrogens is 206 g/mol. The predicted molar refractivity (Wildman–Crippen MR) is 47.8 cm³/mol. The number of rotatable bonds is 0. The molecule has 5 nitrogen and oxygen atoms in total. The van der Waals surface area contributed by atoms with Crippen LogP contribution in [0.3, 0.4) is 0 Å². The summed E-state index contributed by atoms with van der Waals surface area (Å²) in [5, 5.41) is 8.95. The molecule has 4 N–H and O–H groups in total. The van der Waals surface area contributed by atoms with E-state index in [9.17, 15) is 0 Å². The average molecular weight is 214 g/mol. The number of phenols is 1. The predicted octanol–water partition coefficient (Wildman–Crippen LogP) is -0.743. The van der Waals surface area contributed by atoms with Crippen molar-refractivity contribution in [3.8, 4) is 5.75 Å². The summed E-state index contributed by atoms with van der Waals surface area (Å²) in [6, 6.07) is 7.41. The van der Waals surface area contributed by atoms with Crippen molar-refractivity contribution in [3.63, 3.8) is 0 Å². The van der Waals surface area contributed by atoms with Crippen LogP contribution in [0.4, 0.5) is 0 Å². The first-order valence-electron chi connectivity index (χ1n) is 3.33. The van der Waals surface area contributed by atoms with Crippen molar-refractivity contribution in [2.24, 2.45) is 0 Å². The van der Waals surface area contributed by atoms with Crippen molar-refractivity contribution in [1.82, 2.24) is 0 Å². The molecule has 0 aliphatic rings. The number of hydrogen-bond acceptors (Lipinski definition) is 2. The van der Waals surface area contributed by atoms with Gasteiger partial charge in [0.1, 0.15) is 0 Å². The van der Waals surface area contributed by atoms with E-state index in [1.165, 1.54) is 0 Å². The van der Waals surface area contributed by atoms with E-state index in [0.29, 0.717) is 5.75 Å². The number of phosphoric acid groups is 1. The number of hydrogen-bond donors (Lipinski definition) is 4. The van der Waals surface area contributed by atoms with Gasteiger partial charge in [0.05, 0.1) is 0 Å². The SMILES string of the molecule is O=P(O)(O)O.Oc1cccc[c]1[Na]. The van der Waals surface area contributed by atoms with Crippen molar-refractivity contribution in [3.05, 3.63) is 24.3 Å². The molecule has 0 amide bonds. The Labute approximate surface area is 92.7 Å². The summed E-state index contributed by atoms with van der Waals surface area (Å²) in [6.07, 6.45) is 0. The standard InChI is InChI=1S/C6H5O.Na.H3O4P/c7-6-4-2-1-3-5-6;;1-5(2,3)4/h1-4,7H;;(H3,1,2,3,4). The molecule has 0 heterocycles. The van der Waals surface area contributed by atoms with Crippen LogP contribution in [-0.4, -0.2) is 47.7 Å². The molecule has 0 radical (unpaired) electrons. The number of aromatic hydroxyl groups is 1. The van der Waals surface area contributed by atoms with Gasteiger partial charge < -0.3 is 14.7 Å². The zero-order valence-electron chi connectivity index (χ0n) is 6.95. The summed E-state index contributed by atoms with van der Waals surface area (Å²) in [5.41, 5.74) is 0. The van der Waals surface area contributed by atoms with Crippen molar-refractivity contribution in [1.29, 1.82) is 0 Å². The Kier molecular flexibility index (Phi) is 5.83. The van der Waals surface area contributed by atoms with Crippen LogP contribution >= 0.6 is 7.82 Å². The van der Waals surface area contributed by atoms with Gasteiger partial charge in [0.2, 0.25) is 0 Å². The summed E-state index contributed by atoms with van der Waals surface area (Å²) < 4.78 is 9.94. The van der Waals surface area contributed by atoms with Gasteiger partial charge in [-0.25, -0.2) is 4.57 Å². The van der Waals surface area contributed by atoms with Crippen LogP contribution in [0, 0.1) is 0 Å². The normalized spacial score (nSPS) is 10.2. The van der Waals surface area contributed by atoms with E-state index in [1.54, 1.807) is 6.07 Å². The minimum absolute atomic E-state index is 0.430. The van der Waals surface area contributed by atoms with E-state index in [4.69, 9.17) is 24.4 Å². The van der Waals surface area contributed by atoms with Gasteiger partial charge >= 0.3 is 73.7 Å². The fourth-order valence-corrected chi connectivity index (χ4v) is 0.923. The van der Waals surface area contributed by atoms with Gasteiger partial charge in [0.25, 0.3) is 0 Å². The van der Waals surface area contributed by atoms with Gasteiger partial charge in [-0.3, -0.25) is 0 Å². The minimum atomic E-state index is -4.64. The molecule has 13 heavy (non-hydrogen) atoms. The molecule has 1 aromatic rings. The average Bonchev–Trinajstić information content (AvgIpc) is 1.92. The van der Waals surface area contributed by atoms with Gasteiger partial charge in [-0.15, -0.1) is 0 Å². The third kappa shape index (κ3) is 10.0. The Balaban J connectivity index is 0.000000252.